The van der Waals surface area contributed by atoms with Crippen molar-refractivity contribution in [1.29, 1.82) is 0 Å². The normalized spacial score (nSPS) is 41.2. The molecule has 0 bridgehead atoms. The van der Waals surface area contributed by atoms with E-state index >= 15 is 0 Å². The topological polar surface area (TPSA) is 43.1 Å². The molecule has 0 heterocycles. The van der Waals surface area contributed by atoms with Crippen LogP contribution in [0.15, 0.2) is 12.2 Å². The molecule has 4 atom stereocenters. The molecule has 0 saturated heterocycles. The Hall–Kier alpha value is -0.790. The molecule has 0 radical (unpaired) electrons. The van der Waals surface area contributed by atoms with Crippen LogP contribution in [0, 0.1) is 23.7 Å². The van der Waals surface area contributed by atoms with Gasteiger partial charge in [0.25, 0.3) is 0 Å². The number of carbonyl (C=O) groups excluding carboxylic acids is 1. The Morgan fingerprint density at radius 2 is 1.67 bits per heavy atom. The maximum atomic E-state index is 11.1. The summed E-state index contributed by atoms with van der Waals surface area (Å²) in [6.45, 7) is 6.28. The molecule has 12 heavy (non-hydrogen) atoms. The smallest absolute Gasteiger partial charge is 0.221 e. The molecule has 0 aromatic heterocycles. The highest BCUT2D eigenvalue weighted by molar-refractivity contribution is 5.77. The second kappa shape index (κ2) is 3.30. The monoisotopic (exact) mass is 167 g/mol. The van der Waals surface area contributed by atoms with Crippen LogP contribution in [0.5, 0.6) is 0 Å². The minimum Gasteiger partial charge on any atom is -0.369 e. The van der Waals surface area contributed by atoms with Crippen molar-refractivity contribution in [3.8, 4) is 0 Å². The molecule has 0 aromatic carbocycles. The van der Waals surface area contributed by atoms with Gasteiger partial charge in [0.1, 0.15) is 0 Å². The Kier molecular flexibility index (Phi) is 2.55. The van der Waals surface area contributed by atoms with Gasteiger partial charge in [-0.15, -0.1) is 0 Å². The van der Waals surface area contributed by atoms with Crippen molar-refractivity contribution < 1.29 is 4.79 Å². The van der Waals surface area contributed by atoms with Gasteiger partial charge < -0.3 is 5.73 Å². The number of hydrogen-bond donors (Lipinski definition) is 1. The molecule has 1 amide bonds. The highest BCUT2D eigenvalue weighted by Gasteiger charge is 2.32. The summed E-state index contributed by atoms with van der Waals surface area (Å²) in [7, 11) is 0. The molecule has 1 rings (SSSR count). The maximum Gasteiger partial charge on any atom is 0.221 e. The molecule has 68 valence electrons. The zero-order valence-electron chi connectivity index (χ0n) is 7.95. The Bertz CT molecular complexity index is 210. The lowest BCUT2D eigenvalue weighted by atomic mass is 9.72. The van der Waals surface area contributed by atoms with E-state index < -0.39 is 0 Å². The summed E-state index contributed by atoms with van der Waals surface area (Å²) in [5, 5.41) is 0. The summed E-state index contributed by atoms with van der Waals surface area (Å²) in [4.78, 5) is 11.1. The average molecular weight is 167 g/mol. The van der Waals surface area contributed by atoms with Gasteiger partial charge in [0.15, 0.2) is 0 Å². The van der Waals surface area contributed by atoms with Crippen molar-refractivity contribution in [2.75, 3.05) is 0 Å². The van der Waals surface area contributed by atoms with E-state index in [4.69, 9.17) is 5.73 Å². The number of carbonyl (C=O) groups is 1. The zero-order chi connectivity index (χ0) is 9.30. The third-order valence-electron chi connectivity index (χ3n) is 3.01. The first-order valence-electron chi connectivity index (χ1n) is 4.51. The predicted octanol–water partition coefficient (Wildman–Crippen LogP) is 1.57. The van der Waals surface area contributed by atoms with Crippen LogP contribution in [0.3, 0.4) is 0 Å². The molecular formula is C10H17NO. The van der Waals surface area contributed by atoms with E-state index in [-0.39, 0.29) is 11.8 Å². The molecule has 0 aliphatic heterocycles. The zero-order valence-corrected chi connectivity index (χ0v) is 7.95. The fourth-order valence-electron chi connectivity index (χ4n) is 1.97. The van der Waals surface area contributed by atoms with Crippen molar-refractivity contribution in [2.45, 2.75) is 20.8 Å². The van der Waals surface area contributed by atoms with E-state index in [2.05, 4.69) is 26.0 Å². The number of hydrogen-bond acceptors (Lipinski definition) is 1. The largest absolute Gasteiger partial charge is 0.369 e. The number of amides is 1. The van der Waals surface area contributed by atoms with Crippen LogP contribution in [-0.2, 0) is 4.79 Å². The van der Waals surface area contributed by atoms with Gasteiger partial charge >= 0.3 is 0 Å². The summed E-state index contributed by atoms with van der Waals surface area (Å²) in [5.41, 5.74) is 5.34. The molecule has 0 fully saturated rings. The fraction of sp³-hybridized carbons (Fsp3) is 0.700. The molecule has 0 saturated carbocycles. The number of allylic oxidation sites excluding steroid dienone is 2. The quantitative estimate of drug-likeness (QED) is 0.592. The number of rotatable bonds is 1. The lowest BCUT2D eigenvalue weighted by Gasteiger charge is -2.32. The first kappa shape index (κ1) is 9.30. The van der Waals surface area contributed by atoms with Crippen molar-refractivity contribution in [3.63, 3.8) is 0 Å². The Morgan fingerprint density at radius 3 is 2.08 bits per heavy atom. The van der Waals surface area contributed by atoms with Crippen LogP contribution in [0.4, 0.5) is 0 Å². The highest BCUT2D eigenvalue weighted by Crippen LogP contribution is 2.33. The summed E-state index contributed by atoms with van der Waals surface area (Å²) >= 11 is 0. The van der Waals surface area contributed by atoms with Gasteiger partial charge in [-0.05, 0) is 17.8 Å². The van der Waals surface area contributed by atoms with Gasteiger partial charge in [-0.3, -0.25) is 4.79 Å². The van der Waals surface area contributed by atoms with E-state index in [0.717, 1.165) is 0 Å². The Morgan fingerprint density at radius 1 is 1.17 bits per heavy atom. The third kappa shape index (κ3) is 1.52. The van der Waals surface area contributed by atoms with Gasteiger partial charge in [-0.25, -0.2) is 0 Å². The molecule has 0 spiro atoms. The second-order valence-corrected chi connectivity index (χ2v) is 3.89. The third-order valence-corrected chi connectivity index (χ3v) is 3.01. The van der Waals surface area contributed by atoms with E-state index in [0.29, 0.717) is 17.8 Å². The SMILES string of the molecule is CC1C=C[C@@H](C)[C@@H](C)C1C(N)=O. The van der Waals surface area contributed by atoms with Crippen molar-refractivity contribution in [1.82, 2.24) is 0 Å². The average Bonchev–Trinajstić information content (AvgIpc) is 1.97. The van der Waals surface area contributed by atoms with Gasteiger partial charge in [-0.2, -0.15) is 0 Å². The molecule has 1 aliphatic rings. The molecule has 0 aromatic rings. The first-order chi connectivity index (χ1) is 5.54. The van der Waals surface area contributed by atoms with Crippen LogP contribution < -0.4 is 5.73 Å². The maximum absolute atomic E-state index is 11.1. The first-order valence-corrected chi connectivity index (χ1v) is 4.51. The molecule has 2 nitrogen and oxygen atoms in total. The molecular weight excluding hydrogens is 150 g/mol. The fourth-order valence-corrected chi connectivity index (χ4v) is 1.97. The molecule has 2 heteroatoms. The van der Waals surface area contributed by atoms with Crippen LogP contribution in [0.1, 0.15) is 20.8 Å². The summed E-state index contributed by atoms with van der Waals surface area (Å²) in [5.74, 6) is 1.01. The van der Waals surface area contributed by atoms with Crippen LogP contribution in [-0.4, -0.2) is 5.91 Å². The Balaban J connectivity index is 2.84. The summed E-state index contributed by atoms with van der Waals surface area (Å²) < 4.78 is 0. The van der Waals surface area contributed by atoms with Gasteiger partial charge in [0.2, 0.25) is 5.91 Å². The predicted molar refractivity (Wildman–Crippen MR) is 49.3 cm³/mol. The Labute approximate surface area is 73.8 Å². The van der Waals surface area contributed by atoms with E-state index in [9.17, 15) is 4.79 Å². The van der Waals surface area contributed by atoms with Gasteiger partial charge in [-0.1, -0.05) is 32.9 Å². The minimum absolute atomic E-state index is 0.0185. The lowest BCUT2D eigenvalue weighted by Crippen LogP contribution is -2.37. The number of primary amides is 1. The molecule has 1 aliphatic carbocycles. The van der Waals surface area contributed by atoms with Crippen LogP contribution in [0.2, 0.25) is 0 Å². The van der Waals surface area contributed by atoms with E-state index in [1.165, 1.54) is 0 Å². The second-order valence-electron chi connectivity index (χ2n) is 3.89. The van der Waals surface area contributed by atoms with Crippen molar-refractivity contribution in [3.05, 3.63) is 12.2 Å². The van der Waals surface area contributed by atoms with Crippen LogP contribution in [0.25, 0.3) is 0 Å². The van der Waals surface area contributed by atoms with Gasteiger partial charge in [0.05, 0.1) is 0 Å². The highest BCUT2D eigenvalue weighted by atomic mass is 16.1. The van der Waals surface area contributed by atoms with Crippen molar-refractivity contribution >= 4 is 5.91 Å². The van der Waals surface area contributed by atoms with Gasteiger partial charge in [0, 0.05) is 5.92 Å². The minimum atomic E-state index is -0.161. The van der Waals surface area contributed by atoms with E-state index in [1.807, 2.05) is 6.92 Å². The van der Waals surface area contributed by atoms with Crippen LogP contribution >= 0.6 is 0 Å². The van der Waals surface area contributed by atoms with Crippen molar-refractivity contribution in [2.24, 2.45) is 29.4 Å². The standard InChI is InChI=1S/C10H17NO/c1-6-4-5-7(2)9(8(6)3)10(11)12/h4-9H,1-3H3,(H2,11,12)/t6-,7?,8-,9?/m1/s1. The summed E-state index contributed by atoms with van der Waals surface area (Å²) in [6.07, 6.45) is 4.27. The number of nitrogens with two attached hydrogens (primary N) is 1. The van der Waals surface area contributed by atoms with E-state index in [1.54, 1.807) is 0 Å². The lowest BCUT2D eigenvalue weighted by molar-refractivity contribution is -0.125. The molecule has 2 unspecified atom stereocenters. The molecule has 2 N–H and O–H groups in total. The summed E-state index contributed by atoms with van der Waals surface area (Å²) in [6, 6.07) is 0.